The van der Waals surface area contributed by atoms with Gasteiger partial charge in [-0.15, -0.1) is 0 Å². The molecule has 18 heavy (non-hydrogen) atoms. The van der Waals surface area contributed by atoms with Crippen LogP contribution in [0.1, 0.15) is 39.7 Å². The molecule has 0 saturated carbocycles. The summed E-state index contributed by atoms with van der Waals surface area (Å²) < 4.78 is 1.17. The second-order valence-corrected chi connectivity index (χ2v) is 5.89. The third kappa shape index (κ3) is 3.99. The van der Waals surface area contributed by atoms with Crippen molar-refractivity contribution in [1.82, 2.24) is 0 Å². The van der Waals surface area contributed by atoms with Crippen molar-refractivity contribution in [2.75, 3.05) is 11.4 Å². The van der Waals surface area contributed by atoms with Crippen molar-refractivity contribution < 1.29 is 0 Å². The minimum Gasteiger partial charge on any atom is -0.368 e. The highest BCUT2D eigenvalue weighted by Gasteiger charge is 2.12. The Morgan fingerprint density at radius 2 is 1.94 bits per heavy atom. The third-order valence-corrected chi connectivity index (χ3v) is 3.94. The van der Waals surface area contributed by atoms with Crippen molar-refractivity contribution in [3.05, 3.63) is 28.2 Å². The number of nitrogens with zero attached hydrogens (tertiary/aromatic N) is 1. The summed E-state index contributed by atoms with van der Waals surface area (Å²) in [5.41, 5.74) is 8.57. The first-order valence-corrected chi connectivity index (χ1v) is 7.59. The van der Waals surface area contributed by atoms with Gasteiger partial charge in [-0.1, -0.05) is 13.0 Å². The van der Waals surface area contributed by atoms with Gasteiger partial charge in [-0.25, -0.2) is 0 Å². The molecule has 0 heterocycles. The van der Waals surface area contributed by atoms with Gasteiger partial charge in [0.2, 0.25) is 0 Å². The Bertz CT molecular complexity index is 377. The van der Waals surface area contributed by atoms with E-state index >= 15 is 0 Å². The molecule has 0 radical (unpaired) electrons. The molecule has 0 bridgehead atoms. The van der Waals surface area contributed by atoms with Gasteiger partial charge in [0.15, 0.2) is 0 Å². The number of benzene rings is 1. The largest absolute Gasteiger partial charge is 0.368 e. The van der Waals surface area contributed by atoms with E-state index in [1.165, 1.54) is 15.7 Å². The van der Waals surface area contributed by atoms with Crippen LogP contribution in [0.15, 0.2) is 22.7 Å². The van der Waals surface area contributed by atoms with Crippen LogP contribution in [0.5, 0.6) is 0 Å². The maximum Gasteiger partial charge on any atom is 0.0513 e. The van der Waals surface area contributed by atoms with Crippen LogP contribution in [0.25, 0.3) is 0 Å². The van der Waals surface area contributed by atoms with E-state index in [-0.39, 0.29) is 6.04 Å². The molecule has 1 aromatic rings. The fourth-order valence-corrected chi connectivity index (χ4v) is 2.83. The van der Waals surface area contributed by atoms with Crippen molar-refractivity contribution >= 4 is 21.6 Å². The molecule has 0 aliphatic heterocycles. The van der Waals surface area contributed by atoms with Crippen LogP contribution >= 0.6 is 15.9 Å². The third-order valence-electron chi connectivity index (χ3n) is 3.31. The Morgan fingerprint density at radius 1 is 1.28 bits per heavy atom. The van der Waals surface area contributed by atoms with Crippen molar-refractivity contribution in [3.8, 4) is 0 Å². The SMILES string of the molecule is CCC(N)Cc1ccc(N(CC)C(C)C)c(Br)c1. The molecule has 1 unspecified atom stereocenters. The first-order chi connectivity index (χ1) is 8.49. The first-order valence-electron chi connectivity index (χ1n) is 6.80. The van der Waals surface area contributed by atoms with Gasteiger partial charge >= 0.3 is 0 Å². The zero-order chi connectivity index (χ0) is 13.7. The highest BCUT2D eigenvalue weighted by Crippen LogP contribution is 2.29. The van der Waals surface area contributed by atoms with Crippen molar-refractivity contribution in [1.29, 1.82) is 0 Å². The van der Waals surface area contributed by atoms with E-state index in [0.29, 0.717) is 6.04 Å². The molecule has 0 spiro atoms. The number of halogens is 1. The minimum absolute atomic E-state index is 0.259. The fourth-order valence-electron chi connectivity index (χ4n) is 2.17. The predicted molar refractivity (Wildman–Crippen MR) is 84.3 cm³/mol. The quantitative estimate of drug-likeness (QED) is 0.861. The van der Waals surface area contributed by atoms with Gasteiger partial charge in [0.1, 0.15) is 0 Å². The Morgan fingerprint density at radius 3 is 2.39 bits per heavy atom. The predicted octanol–water partition coefficient (Wildman–Crippen LogP) is 3.96. The first kappa shape index (κ1) is 15.5. The lowest BCUT2D eigenvalue weighted by Gasteiger charge is -2.29. The maximum atomic E-state index is 6.00. The Labute approximate surface area is 120 Å². The number of rotatable bonds is 6. The van der Waals surface area contributed by atoms with E-state index in [0.717, 1.165) is 19.4 Å². The molecule has 102 valence electrons. The molecule has 3 heteroatoms. The second kappa shape index (κ2) is 7.15. The summed E-state index contributed by atoms with van der Waals surface area (Å²) >= 11 is 3.69. The molecular formula is C15H25BrN2. The standard InChI is InChI=1S/C15H25BrN2/c1-5-13(17)9-12-7-8-15(14(16)10-12)18(6-2)11(3)4/h7-8,10-11,13H,5-6,9,17H2,1-4H3. The maximum absolute atomic E-state index is 6.00. The second-order valence-electron chi connectivity index (χ2n) is 5.04. The molecule has 0 aliphatic rings. The van der Waals surface area contributed by atoms with E-state index in [1.807, 2.05) is 0 Å². The van der Waals surface area contributed by atoms with Crippen molar-refractivity contribution in [3.63, 3.8) is 0 Å². The highest BCUT2D eigenvalue weighted by atomic mass is 79.9. The van der Waals surface area contributed by atoms with Gasteiger partial charge in [-0.3, -0.25) is 0 Å². The van der Waals surface area contributed by atoms with E-state index in [9.17, 15) is 0 Å². The molecule has 1 aromatic carbocycles. The summed E-state index contributed by atoms with van der Waals surface area (Å²) in [4.78, 5) is 2.38. The molecule has 1 rings (SSSR count). The lowest BCUT2D eigenvalue weighted by atomic mass is 10.0. The minimum atomic E-state index is 0.259. The van der Waals surface area contributed by atoms with Crippen molar-refractivity contribution in [2.24, 2.45) is 5.73 Å². The number of hydrogen-bond acceptors (Lipinski definition) is 2. The summed E-state index contributed by atoms with van der Waals surface area (Å²) in [7, 11) is 0. The van der Waals surface area contributed by atoms with Crippen molar-refractivity contribution in [2.45, 2.75) is 52.6 Å². The summed E-state index contributed by atoms with van der Waals surface area (Å²) in [6.07, 6.45) is 1.97. The Hall–Kier alpha value is -0.540. The van der Waals surface area contributed by atoms with Gasteiger partial charge in [0, 0.05) is 23.1 Å². The highest BCUT2D eigenvalue weighted by molar-refractivity contribution is 9.10. The number of nitrogens with two attached hydrogens (primary N) is 1. The van der Waals surface area contributed by atoms with Gasteiger partial charge < -0.3 is 10.6 Å². The zero-order valence-corrected chi connectivity index (χ0v) is 13.5. The van der Waals surface area contributed by atoms with E-state index in [1.54, 1.807) is 0 Å². The fraction of sp³-hybridized carbons (Fsp3) is 0.600. The van der Waals surface area contributed by atoms with Crippen LogP contribution < -0.4 is 10.6 Å². The molecule has 0 amide bonds. The average Bonchev–Trinajstić information content (AvgIpc) is 2.32. The summed E-state index contributed by atoms with van der Waals surface area (Å²) in [6, 6.07) is 7.37. The lowest BCUT2D eigenvalue weighted by Crippen LogP contribution is -2.30. The van der Waals surface area contributed by atoms with Crippen LogP contribution in [0.3, 0.4) is 0 Å². The van der Waals surface area contributed by atoms with Gasteiger partial charge in [0.25, 0.3) is 0 Å². The van der Waals surface area contributed by atoms with E-state index < -0.39 is 0 Å². The van der Waals surface area contributed by atoms with Gasteiger partial charge in [-0.2, -0.15) is 0 Å². The Balaban J connectivity index is 2.91. The summed E-state index contributed by atoms with van der Waals surface area (Å²) in [5, 5.41) is 0. The Kier molecular flexibility index (Phi) is 6.16. The molecule has 2 N–H and O–H groups in total. The normalized spacial score (nSPS) is 12.8. The molecular weight excluding hydrogens is 288 g/mol. The molecule has 0 aromatic heterocycles. The topological polar surface area (TPSA) is 29.3 Å². The zero-order valence-electron chi connectivity index (χ0n) is 11.9. The molecule has 0 saturated heterocycles. The van der Waals surface area contributed by atoms with Gasteiger partial charge in [0.05, 0.1) is 5.69 Å². The summed E-state index contributed by atoms with van der Waals surface area (Å²) in [6.45, 7) is 9.77. The van der Waals surface area contributed by atoms with E-state index in [2.05, 4.69) is 66.7 Å². The monoisotopic (exact) mass is 312 g/mol. The van der Waals surface area contributed by atoms with Crippen LogP contribution in [0.4, 0.5) is 5.69 Å². The van der Waals surface area contributed by atoms with Crippen LogP contribution in [-0.4, -0.2) is 18.6 Å². The van der Waals surface area contributed by atoms with E-state index in [4.69, 9.17) is 5.73 Å². The lowest BCUT2D eigenvalue weighted by molar-refractivity contribution is 0.646. The van der Waals surface area contributed by atoms with Crippen LogP contribution in [0.2, 0.25) is 0 Å². The molecule has 1 atom stereocenters. The average molecular weight is 313 g/mol. The number of hydrogen-bond donors (Lipinski definition) is 1. The smallest absolute Gasteiger partial charge is 0.0513 e. The van der Waals surface area contributed by atoms with Gasteiger partial charge in [-0.05, 0) is 67.2 Å². The number of anilines is 1. The molecule has 2 nitrogen and oxygen atoms in total. The van der Waals surface area contributed by atoms with Crippen LogP contribution in [0, 0.1) is 0 Å². The molecule has 0 fully saturated rings. The summed E-state index contributed by atoms with van der Waals surface area (Å²) in [5.74, 6) is 0. The molecule has 0 aliphatic carbocycles. The van der Waals surface area contributed by atoms with Crippen LogP contribution in [-0.2, 0) is 6.42 Å².